The van der Waals surface area contributed by atoms with Gasteiger partial charge < -0.3 is 16.8 Å². The van der Waals surface area contributed by atoms with Crippen LogP contribution in [0.5, 0.6) is 0 Å². The lowest BCUT2D eigenvalue weighted by molar-refractivity contribution is 1.17. The zero-order valence-corrected chi connectivity index (χ0v) is 19.7. The van der Waals surface area contributed by atoms with E-state index in [9.17, 15) is 0 Å². The monoisotopic (exact) mass is 464 g/mol. The lowest BCUT2D eigenvalue weighted by Crippen LogP contribution is -2.01. The zero-order chi connectivity index (χ0) is 26.6. The molecule has 0 radical (unpaired) electrons. The molecule has 2 aromatic heterocycles. The van der Waals surface area contributed by atoms with Gasteiger partial charge in [-0.1, -0.05) is 48.0 Å². The van der Waals surface area contributed by atoms with E-state index in [0.29, 0.717) is 10.8 Å². The zero-order valence-electron chi connectivity index (χ0n) is 21.9. The van der Waals surface area contributed by atoms with Crippen molar-refractivity contribution in [3.05, 3.63) is 75.9 Å². The Bertz CT molecular complexity index is 1370. The molecular formula is C25H28ClN7. The van der Waals surface area contributed by atoms with Gasteiger partial charge in [-0.05, 0) is 49.9 Å². The number of hydrogen-bond donors (Lipinski definition) is 3. The Hall–Kier alpha value is -3.71. The molecule has 0 spiro atoms. The van der Waals surface area contributed by atoms with Crippen molar-refractivity contribution in [3.63, 3.8) is 0 Å². The van der Waals surface area contributed by atoms with Gasteiger partial charge in [-0.15, -0.1) is 0 Å². The minimum atomic E-state index is -2.32. The van der Waals surface area contributed by atoms with Gasteiger partial charge in [0.25, 0.3) is 0 Å². The number of aromatic nitrogens is 4. The molecule has 0 bridgehead atoms. The fraction of sp³-hybridized carbons (Fsp3) is 0.200. The van der Waals surface area contributed by atoms with Gasteiger partial charge in [-0.2, -0.15) is 4.98 Å². The number of anilines is 3. The number of halogens is 1. The maximum absolute atomic E-state index is 7.21. The van der Waals surface area contributed by atoms with Crippen molar-refractivity contribution in [3.8, 4) is 22.5 Å². The van der Waals surface area contributed by atoms with Crippen molar-refractivity contribution in [2.75, 3.05) is 23.8 Å². The highest BCUT2D eigenvalue weighted by Gasteiger charge is 2.09. The van der Waals surface area contributed by atoms with Crippen LogP contribution in [0.15, 0.2) is 48.5 Å². The molecule has 5 N–H and O–H groups in total. The molecule has 7 nitrogen and oxygen atoms in total. The predicted molar refractivity (Wildman–Crippen MR) is 137 cm³/mol. The number of benzene rings is 2. The first kappa shape index (κ1) is 19.9. The van der Waals surface area contributed by atoms with Crippen LogP contribution in [0.2, 0.25) is 5.15 Å². The Morgan fingerprint density at radius 1 is 0.758 bits per heavy atom. The summed E-state index contributed by atoms with van der Waals surface area (Å²) in [5.41, 5.74) is 19.1. The van der Waals surface area contributed by atoms with E-state index in [1.165, 1.54) is 11.1 Å². The van der Waals surface area contributed by atoms with E-state index in [2.05, 4.69) is 45.2 Å². The van der Waals surface area contributed by atoms with Crippen molar-refractivity contribution >= 4 is 29.3 Å². The molecule has 0 fully saturated rings. The van der Waals surface area contributed by atoms with E-state index in [-0.39, 0.29) is 17.7 Å². The standard InChI is InChI=1S/C13H16N4.C12H12ClN3/c1-8-5-4-6-10(9(8)2)11-7-12(15-3)17-13(14)16-11;1-7-4-3-5-9(8(7)2)10-6-11(13)16-12(14)15-10/h4-7H,1-3H3,(H3,14,15,16,17);3-6H,1-2H3,(H2,14,15,16)/i3D3;. The summed E-state index contributed by atoms with van der Waals surface area (Å²) < 4.78 is 21.6. The minimum Gasteiger partial charge on any atom is -0.373 e. The summed E-state index contributed by atoms with van der Waals surface area (Å²) >= 11 is 5.86. The third-order valence-corrected chi connectivity index (χ3v) is 5.54. The van der Waals surface area contributed by atoms with Gasteiger partial charge in [0.1, 0.15) is 11.0 Å². The number of nitrogens with two attached hydrogens (primary N) is 2. The van der Waals surface area contributed by atoms with Crippen LogP contribution in [0, 0.1) is 27.7 Å². The first-order valence-electron chi connectivity index (χ1n) is 11.7. The third kappa shape index (κ3) is 5.75. The number of nitrogens with zero attached hydrogens (tertiary/aromatic N) is 4. The molecular weight excluding hydrogens is 434 g/mol. The number of nitrogens with one attached hydrogen (secondary N) is 1. The fourth-order valence-corrected chi connectivity index (χ4v) is 3.49. The van der Waals surface area contributed by atoms with Crippen LogP contribution >= 0.6 is 11.6 Å². The highest BCUT2D eigenvalue weighted by Crippen LogP contribution is 2.27. The smallest absolute Gasteiger partial charge is 0.222 e. The topological polar surface area (TPSA) is 116 Å². The van der Waals surface area contributed by atoms with Crippen LogP contribution in [0.1, 0.15) is 26.4 Å². The summed E-state index contributed by atoms with van der Waals surface area (Å²) in [5.74, 6) is 0.423. The summed E-state index contributed by atoms with van der Waals surface area (Å²) in [4.78, 5) is 16.1. The molecule has 0 atom stereocenters. The lowest BCUT2D eigenvalue weighted by Gasteiger charge is -2.09. The van der Waals surface area contributed by atoms with E-state index in [1.807, 2.05) is 44.2 Å². The van der Waals surface area contributed by atoms with E-state index in [1.54, 1.807) is 12.1 Å². The normalized spacial score (nSPS) is 12.1. The molecule has 0 saturated heterocycles. The van der Waals surface area contributed by atoms with Crippen LogP contribution in [-0.2, 0) is 0 Å². The molecule has 4 rings (SSSR count). The molecule has 0 aliphatic rings. The Kier molecular flexibility index (Phi) is 6.21. The molecule has 0 aliphatic heterocycles. The number of hydrogen-bond acceptors (Lipinski definition) is 7. The summed E-state index contributed by atoms with van der Waals surface area (Å²) in [6.07, 6.45) is 0. The average molecular weight is 465 g/mol. The van der Waals surface area contributed by atoms with E-state index in [4.69, 9.17) is 27.2 Å². The van der Waals surface area contributed by atoms with Crippen molar-refractivity contribution in [1.29, 1.82) is 0 Å². The first-order valence-corrected chi connectivity index (χ1v) is 10.6. The summed E-state index contributed by atoms with van der Waals surface area (Å²) in [6, 6.07) is 15.2. The van der Waals surface area contributed by atoms with Crippen LogP contribution in [-0.4, -0.2) is 26.9 Å². The molecule has 0 aliphatic carbocycles. The quantitative estimate of drug-likeness (QED) is 0.348. The van der Waals surface area contributed by atoms with E-state index in [0.717, 1.165) is 27.9 Å². The van der Waals surface area contributed by atoms with Crippen molar-refractivity contribution in [2.45, 2.75) is 27.7 Å². The lowest BCUT2D eigenvalue weighted by atomic mass is 10.0. The molecule has 0 amide bonds. The van der Waals surface area contributed by atoms with Gasteiger partial charge in [0.2, 0.25) is 11.9 Å². The summed E-state index contributed by atoms with van der Waals surface area (Å²) in [7, 11) is 0. The van der Waals surface area contributed by atoms with Gasteiger partial charge in [-0.25, -0.2) is 15.0 Å². The van der Waals surface area contributed by atoms with Crippen molar-refractivity contribution < 1.29 is 4.11 Å². The molecule has 8 heteroatoms. The second-order valence-corrected chi connectivity index (χ2v) is 7.94. The second-order valence-electron chi connectivity index (χ2n) is 7.55. The van der Waals surface area contributed by atoms with Crippen LogP contribution in [0.3, 0.4) is 0 Å². The highest BCUT2D eigenvalue weighted by molar-refractivity contribution is 6.29. The predicted octanol–water partition coefficient (Wildman–Crippen LogP) is 5.38. The van der Waals surface area contributed by atoms with E-state index < -0.39 is 6.98 Å². The van der Waals surface area contributed by atoms with Gasteiger partial charge >= 0.3 is 0 Å². The van der Waals surface area contributed by atoms with Gasteiger partial charge in [0.15, 0.2) is 0 Å². The van der Waals surface area contributed by atoms with Crippen molar-refractivity contribution in [1.82, 2.24) is 19.9 Å². The van der Waals surface area contributed by atoms with Crippen LogP contribution in [0.25, 0.3) is 22.5 Å². The number of aryl methyl sites for hydroxylation is 2. The minimum absolute atomic E-state index is 0.0372. The van der Waals surface area contributed by atoms with Gasteiger partial charge in [0, 0.05) is 34.3 Å². The summed E-state index contributed by atoms with van der Waals surface area (Å²) in [5, 5.41) is 2.70. The Morgan fingerprint density at radius 3 is 1.79 bits per heavy atom. The molecule has 0 saturated carbocycles. The van der Waals surface area contributed by atoms with Crippen LogP contribution < -0.4 is 16.8 Å². The maximum Gasteiger partial charge on any atom is 0.222 e. The molecule has 0 unspecified atom stereocenters. The molecule has 170 valence electrons. The highest BCUT2D eigenvalue weighted by atomic mass is 35.5. The Balaban J connectivity index is 0.000000205. The third-order valence-electron chi connectivity index (χ3n) is 5.34. The molecule has 2 heterocycles. The maximum atomic E-state index is 7.21. The van der Waals surface area contributed by atoms with Crippen molar-refractivity contribution in [2.24, 2.45) is 0 Å². The van der Waals surface area contributed by atoms with Crippen LogP contribution in [0.4, 0.5) is 17.7 Å². The summed E-state index contributed by atoms with van der Waals surface area (Å²) in [6.45, 7) is 5.78. The largest absolute Gasteiger partial charge is 0.373 e. The fourth-order valence-electron chi connectivity index (χ4n) is 3.30. The number of nitrogen functional groups attached to an aromatic ring is 2. The molecule has 33 heavy (non-hydrogen) atoms. The SMILES string of the molecule is Cc1cccc(-c2cc(Cl)nc(N)n2)c1C.[2H]C([2H])([2H])Nc1cc(-c2cccc(C)c2C)nc(N)n1. The average Bonchev–Trinajstić information content (AvgIpc) is 2.75. The molecule has 4 aromatic rings. The Morgan fingerprint density at radius 2 is 1.27 bits per heavy atom. The van der Waals surface area contributed by atoms with E-state index >= 15 is 0 Å². The first-order chi connectivity index (χ1) is 16.8. The molecule has 2 aromatic carbocycles. The Labute approximate surface area is 203 Å². The number of rotatable bonds is 3. The van der Waals surface area contributed by atoms with Gasteiger partial charge in [-0.3, -0.25) is 0 Å². The van der Waals surface area contributed by atoms with Gasteiger partial charge in [0.05, 0.1) is 11.4 Å². The second kappa shape index (κ2) is 10.3.